The summed E-state index contributed by atoms with van der Waals surface area (Å²) in [6.07, 6.45) is 8.95. The Balaban J connectivity index is 1.44. The van der Waals surface area contributed by atoms with Crippen molar-refractivity contribution in [2.75, 3.05) is 18.4 Å². The van der Waals surface area contributed by atoms with Crippen LogP contribution in [-0.2, 0) is 4.79 Å². The molecule has 1 aliphatic carbocycles. The van der Waals surface area contributed by atoms with Crippen molar-refractivity contribution in [1.82, 2.24) is 15.2 Å². The molecule has 2 fully saturated rings. The van der Waals surface area contributed by atoms with E-state index in [2.05, 4.69) is 15.6 Å². The molecule has 3 rings (SSSR count). The highest BCUT2D eigenvalue weighted by atomic mass is 16.2. The number of likely N-dealkylation sites (tertiary alicyclic amines) is 1. The van der Waals surface area contributed by atoms with Crippen molar-refractivity contribution < 1.29 is 9.59 Å². The van der Waals surface area contributed by atoms with E-state index in [9.17, 15) is 9.59 Å². The molecule has 0 atom stereocenters. The van der Waals surface area contributed by atoms with E-state index in [-0.39, 0.29) is 23.9 Å². The molecule has 0 aromatic carbocycles. The number of hydrogen-bond acceptors (Lipinski definition) is 3. The van der Waals surface area contributed by atoms with Crippen molar-refractivity contribution in [3.63, 3.8) is 0 Å². The van der Waals surface area contributed by atoms with Crippen LogP contribution in [-0.4, -0.2) is 41.0 Å². The van der Waals surface area contributed by atoms with Gasteiger partial charge in [-0.05, 0) is 44.2 Å². The molecule has 0 unspecified atom stereocenters. The van der Waals surface area contributed by atoms with Crippen LogP contribution in [0.4, 0.5) is 10.6 Å². The zero-order chi connectivity index (χ0) is 17.6. The number of amides is 3. The number of carbonyl (C=O) groups excluding carboxylic acids is 2. The fourth-order valence-electron chi connectivity index (χ4n) is 3.71. The van der Waals surface area contributed by atoms with Gasteiger partial charge in [0, 0.05) is 31.2 Å². The summed E-state index contributed by atoms with van der Waals surface area (Å²) < 4.78 is 0. The minimum atomic E-state index is -0.112. The van der Waals surface area contributed by atoms with Gasteiger partial charge in [0.2, 0.25) is 5.91 Å². The predicted molar refractivity (Wildman–Crippen MR) is 97.3 cm³/mol. The Bertz CT molecular complexity index is 605. The van der Waals surface area contributed by atoms with E-state index >= 15 is 0 Å². The number of nitrogens with one attached hydrogen (secondary N) is 2. The minimum Gasteiger partial charge on any atom is -0.353 e. The molecule has 136 valence electrons. The second-order valence-corrected chi connectivity index (χ2v) is 7.20. The van der Waals surface area contributed by atoms with Gasteiger partial charge in [-0.2, -0.15) is 0 Å². The molecule has 1 aliphatic heterocycles. The molecule has 2 heterocycles. The fourth-order valence-corrected chi connectivity index (χ4v) is 3.71. The van der Waals surface area contributed by atoms with Crippen LogP contribution in [0.5, 0.6) is 0 Å². The Kier molecular flexibility index (Phi) is 5.89. The predicted octanol–water partition coefficient (Wildman–Crippen LogP) is 3.08. The Morgan fingerprint density at radius 3 is 2.52 bits per heavy atom. The number of nitrogens with zero attached hydrogens (tertiary/aromatic N) is 2. The highest BCUT2D eigenvalue weighted by Gasteiger charge is 2.27. The molecular weight excluding hydrogens is 316 g/mol. The lowest BCUT2D eigenvalue weighted by Crippen LogP contribution is -2.49. The Hall–Kier alpha value is -2.11. The maximum atomic E-state index is 12.4. The first-order valence-corrected chi connectivity index (χ1v) is 9.41. The van der Waals surface area contributed by atoms with Crippen LogP contribution >= 0.6 is 0 Å². The number of urea groups is 1. The van der Waals surface area contributed by atoms with Crippen molar-refractivity contribution in [2.45, 2.75) is 57.9 Å². The van der Waals surface area contributed by atoms with E-state index in [4.69, 9.17) is 0 Å². The molecule has 3 amide bonds. The molecular formula is C19H28N4O2. The van der Waals surface area contributed by atoms with Gasteiger partial charge in [0.15, 0.2) is 0 Å². The van der Waals surface area contributed by atoms with Crippen LogP contribution < -0.4 is 10.6 Å². The van der Waals surface area contributed by atoms with Crippen LogP contribution in [0.1, 0.15) is 50.5 Å². The number of pyridine rings is 1. The lowest BCUT2D eigenvalue weighted by molar-refractivity contribution is -0.126. The van der Waals surface area contributed by atoms with E-state index in [0.29, 0.717) is 18.9 Å². The molecule has 1 aromatic heterocycles. The van der Waals surface area contributed by atoms with Gasteiger partial charge in [0.05, 0.1) is 0 Å². The van der Waals surface area contributed by atoms with Crippen molar-refractivity contribution >= 4 is 17.8 Å². The molecule has 1 aromatic rings. The minimum absolute atomic E-state index is 0.112. The standard InChI is InChI=1S/C19H28N4O2/c1-14-6-5-11-20-17(14)22-19(25)23-12-9-16(10-13-23)21-18(24)15-7-3-2-4-8-15/h5-6,11,15-16H,2-4,7-10,12-13H2,1H3,(H,21,24)(H,20,22,25). The van der Waals surface area contributed by atoms with E-state index in [0.717, 1.165) is 31.2 Å². The van der Waals surface area contributed by atoms with Crippen LogP contribution in [0.2, 0.25) is 0 Å². The van der Waals surface area contributed by atoms with Gasteiger partial charge in [-0.1, -0.05) is 25.3 Å². The maximum absolute atomic E-state index is 12.4. The van der Waals surface area contributed by atoms with E-state index in [1.54, 1.807) is 11.1 Å². The van der Waals surface area contributed by atoms with Crippen LogP contribution in [0, 0.1) is 12.8 Å². The van der Waals surface area contributed by atoms with Crippen LogP contribution in [0.15, 0.2) is 18.3 Å². The summed E-state index contributed by atoms with van der Waals surface area (Å²) in [5.74, 6) is 1.02. The zero-order valence-electron chi connectivity index (χ0n) is 15.0. The largest absolute Gasteiger partial charge is 0.353 e. The molecule has 0 bridgehead atoms. The van der Waals surface area contributed by atoms with Gasteiger partial charge in [0.25, 0.3) is 0 Å². The van der Waals surface area contributed by atoms with Gasteiger partial charge in [0.1, 0.15) is 5.82 Å². The van der Waals surface area contributed by atoms with Gasteiger partial charge < -0.3 is 10.2 Å². The van der Waals surface area contributed by atoms with Crippen molar-refractivity contribution in [3.05, 3.63) is 23.9 Å². The maximum Gasteiger partial charge on any atom is 0.323 e. The smallest absolute Gasteiger partial charge is 0.323 e. The summed E-state index contributed by atoms with van der Waals surface area (Å²) in [7, 11) is 0. The number of piperidine rings is 1. The van der Waals surface area contributed by atoms with Crippen LogP contribution in [0.3, 0.4) is 0 Å². The lowest BCUT2D eigenvalue weighted by Gasteiger charge is -2.33. The number of rotatable bonds is 3. The van der Waals surface area contributed by atoms with E-state index in [1.165, 1.54) is 19.3 Å². The molecule has 0 spiro atoms. The molecule has 1 saturated heterocycles. The Labute approximate surface area is 149 Å². The highest BCUT2D eigenvalue weighted by molar-refractivity contribution is 5.89. The topological polar surface area (TPSA) is 74.3 Å². The number of aromatic nitrogens is 1. The fraction of sp³-hybridized carbons (Fsp3) is 0.632. The Morgan fingerprint density at radius 2 is 1.84 bits per heavy atom. The third-order valence-electron chi connectivity index (χ3n) is 5.34. The SMILES string of the molecule is Cc1cccnc1NC(=O)N1CCC(NC(=O)C2CCCCC2)CC1. The summed E-state index contributed by atoms with van der Waals surface area (Å²) in [5.41, 5.74) is 0.950. The molecule has 2 aliphatic rings. The van der Waals surface area contributed by atoms with Gasteiger partial charge in [-0.25, -0.2) is 9.78 Å². The van der Waals surface area contributed by atoms with Crippen molar-refractivity contribution in [1.29, 1.82) is 0 Å². The van der Waals surface area contributed by atoms with Gasteiger partial charge >= 0.3 is 6.03 Å². The van der Waals surface area contributed by atoms with Crippen molar-refractivity contribution in [2.24, 2.45) is 5.92 Å². The van der Waals surface area contributed by atoms with Gasteiger partial charge in [-0.15, -0.1) is 0 Å². The van der Waals surface area contributed by atoms with E-state index < -0.39 is 0 Å². The average molecular weight is 344 g/mol. The van der Waals surface area contributed by atoms with Gasteiger partial charge in [-0.3, -0.25) is 10.1 Å². The molecule has 25 heavy (non-hydrogen) atoms. The summed E-state index contributed by atoms with van der Waals surface area (Å²) in [6.45, 7) is 3.25. The summed E-state index contributed by atoms with van der Waals surface area (Å²) >= 11 is 0. The third kappa shape index (κ3) is 4.71. The van der Waals surface area contributed by atoms with Crippen LogP contribution in [0.25, 0.3) is 0 Å². The summed E-state index contributed by atoms with van der Waals surface area (Å²) in [6, 6.07) is 3.86. The average Bonchev–Trinajstić information content (AvgIpc) is 2.65. The molecule has 2 N–H and O–H groups in total. The van der Waals surface area contributed by atoms with Crippen molar-refractivity contribution in [3.8, 4) is 0 Å². The summed E-state index contributed by atoms with van der Waals surface area (Å²) in [4.78, 5) is 30.7. The second-order valence-electron chi connectivity index (χ2n) is 7.20. The summed E-state index contributed by atoms with van der Waals surface area (Å²) in [5, 5.41) is 6.07. The monoisotopic (exact) mass is 344 g/mol. The number of carbonyl (C=O) groups is 2. The number of anilines is 1. The zero-order valence-corrected chi connectivity index (χ0v) is 15.0. The second kappa shape index (κ2) is 8.32. The molecule has 0 radical (unpaired) electrons. The quantitative estimate of drug-likeness (QED) is 0.885. The molecule has 1 saturated carbocycles. The third-order valence-corrected chi connectivity index (χ3v) is 5.34. The molecule has 6 heteroatoms. The first-order valence-electron chi connectivity index (χ1n) is 9.41. The lowest BCUT2D eigenvalue weighted by atomic mass is 9.88. The highest BCUT2D eigenvalue weighted by Crippen LogP contribution is 2.24. The normalized spacial score (nSPS) is 19.5. The first-order chi connectivity index (χ1) is 12.1. The van der Waals surface area contributed by atoms with E-state index in [1.807, 2.05) is 19.1 Å². The number of hydrogen-bond donors (Lipinski definition) is 2. The first kappa shape index (κ1) is 17.7. The molecule has 6 nitrogen and oxygen atoms in total. The Morgan fingerprint density at radius 1 is 1.12 bits per heavy atom. The number of aryl methyl sites for hydroxylation is 1.